The Bertz CT molecular complexity index is 1010. The third-order valence-electron chi connectivity index (χ3n) is 4.99. The lowest BCUT2D eigenvalue weighted by atomic mass is 10.1. The predicted molar refractivity (Wildman–Crippen MR) is 112 cm³/mol. The van der Waals surface area contributed by atoms with Gasteiger partial charge in [0.25, 0.3) is 5.91 Å². The summed E-state index contributed by atoms with van der Waals surface area (Å²) in [7, 11) is 0. The first kappa shape index (κ1) is 23.1. The first-order chi connectivity index (χ1) is 15.2. The molecule has 1 aliphatic heterocycles. The molecule has 4 N–H and O–H groups in total. The molecule has 0 fully saturated rings. The van der Waals surface area contributed by atoms with Gasteiger partial charge in [0, 0.05) is 6.07 Å². The molecule has 0 aromatic heterocycles. The Morgan fingerprint density at radius 3 is 2.41 bits per heavy atom. The zero-order valence-corrected chi connectivity index (χ0v) is 17.2. The van der Waals surface area contributed by atoms with Crippen LogP contribution in [0.4, 0.5) is 8.78 Å². The average Bonchev–Trinajstić information content (AvgIpc) is 2.94. The summed E-state index contributed by atoms with van der Waals surface area (Å²) in [5.74, 6) is -3.93. The lowest BCUT2D eigenvalue weighted by Crippen LogP contribution is -2.53. The van der Waals surface area contributed by atoms with E-state index in [4.69, 9.17) is 0 Å². The summed E-state index contributed by atoms with van der Waals surface area (Å²) in [6.07, 6.45) is 2.00. The molecule has 0 aliphatic carbocycles. The summed E-state index contributed by atoms with van der Waals surface area (Å²) in [5.41, 5.74) is 0.611. The predicted octanol–water partition coefficient (Wildman–Crippen LogP) is 1.81. The van der Waals surface area contributed by atoms with Crippen LogP contribution in [0.2, 0.25) is 0 Å². The minimum atomic E-state index is -1.87. The first-order valence-corrected chi connectivity index (χ1v) is 10.0. The van der Waals surface area contributed by atoms with Crippen LogP contribution in [0.25, 0.3) is 0 Å². The number of carbonyl (C=O) groups is 3. The van der Waals surface area contributed by atoms with Gasteiger partial charge in [-0.25, -0.2) is 8.78 Å². The number of rotatable bonds is 6. The Kier molecular flexibility index (Phi) is 7.32. The Labute approximate surface area is 183 Å². The second-order valence-corrected chi connectivity index (χ2v) is 7.46. The van der Waals surface area contributed by atoms with Gasteiger partial charge < -0.3 is 21.1 Å². The van der Waals surface area contributed by atoms with E-state index in [-0.39, 0.29) is 23.9 Å². The topological polar surface area (TPSA) is 108 Å². The average molecular weight is 443 g/mol. The van der Waals surface area contributed by atoms with E-state index in [2.05, 4.69) is 16.0 Å². The van der Waals surface area contributed by atoms with Crippen molar-refractivity contribution in [3.63, 3.8) is 0 Å². The van der Waals surface area contributed by atoms with E-state index in [0.29, 0.717) is 6.07 Å². The second-order valence-electron chi connectivity index (χ2n) is 7.46. The van der Waals surface area contributed by atoms with Crippen molar-refractivity contribution in [3.8, 4) is 0 Å². The van der Waals surface area contributed by atoms with Gasteiger partial charge in [-0.1, -0.05) is 42.5 Å². The lowest BCUT2D eigenvalue weighted by Gasteiger charge is -2.21. The van der Waals surface area contributed by atoms with Crippen molar-refractivity contribution < 1.29 is 28.3 Å². The molecule has 0 radical (unpaired) electrons. The van der Waals surface area contributed by atoms with Crippen LogP contribution in [-0.2, 0) is 14.4 Å². The Morgan fingerprint density at radius 1 is 1.09 bits per heavy atom. The van der Waals surface area contributed by atoms with Gasteiger partial charge >= 0.3 is 0 Å². The molecule has 32 heavy (non-hydrogen) atoms. The minimum absolute atomic E-state index is 0.257. The molecule has 2 aromatic rings. The van der Waals surface area contributed by atoms with E-state index in [9.17, 15) is 28.3 Å². The summed E-state index contributed by atoms with van der Waals surface area (Å²) >= 11 is 0. The minimum Gasteiger partial charge on any atom is -0.378 e. The molecule has 3 rings (SSSR count). The van der Waals surface area contributed by atoms with Gasteiger partial charge in [-0.15, -0.1) is 0 Å². The first-order valence-electron chi connectivity index (χ1n) is 10.0. The van der Waals surface area contributed by atoms with E-state index >= 15 is 0 Å². The molecular weight excluding hydrogens is 420 g/mol. The number of hydrogen-bond donors (Lipinski definition) is 4. The SMILES string of the molecule is C[C@H](NC(=O)[C@@H](O)c1cc(F)cc(F)c1)C(=O)N[C@H]1CC=C[C@@H](c2ccccc2)NC1=O. The molecule has 7 nitrogen and oxygen atoms in total. The number of nitrogens with one attached hydrogen (secondary N) is 3. The molecule has 9 heteroatoms. The quantitative estimate of drug-likeness (QED) is 0.511. The highest BCUT2D eigenvalue weighted by molar-refractivity contribution is 5.93. The summed E-state index contributed by atoms with van der Waals surface area (Å²) in [6, 6.07) is 9.30. The second kappa shape index (κ2) is 10.1. The maximum absolute atomic E-state index is 13.3. The molecule has 0 unspecified atom stereocenters. The number of benzene rings is 2. The van der Waals surface area contributed by atoms with E-state index in [1.54, 1.807) is 6.08 Å². The molecule has 1 heterocycles. The third-order valence-corrected chi connectivity index (χ3v) is 4.99. The zero-order valence-electron chi connectivity index (χ0n) is 17.2. The van der Waals surface area contributed by atoms with E-state index in [0.717, 1.165) is 17.7 Å². The van der Waals surface area contributed by atoms with Crippen LogP contribution in [0.15, 0.2) is 60.7 Å². The van der Waals surface area contributed by atoms with Crippen molar-refractivity contribution in [3.05, 3.63) is 83.4 Å². The summed E-state index contributed by atoms with van der Waals surface area (Å²) in [6.45, 7) is 1.36. The van der Waals surface area contributed by atoms with Crippen molar-refractivity contribution in [2.24, 2.45) is 0 Å². The van der Waals surface area contributed by atoms with Gasteiger partial charge in [0.1, 0.15) is 23.7 Å². The van der Waals surface area contributed by atoms with Crippen LogP contribution in [0.5, 0.6) is 0 Å². The van der Waals surface area contributed by atoms with Gasteiger partial charge in [0.05, 0.1) is 6.04 Å². The van der Waals surface area contributed by atoms with Gasteiger partial charge in [-0.3, -0.25) is 14.4 Å². The Morgan fingerprint density at radius 2 is 1.75 bits per heavy atom. The number of aliphatic hydroxyl groups is 1. The number of halogens is 2. The molecule has 3 amide bonds. The number of aliphatic hydroxyl groups excluding tert-OH is 1. The van der Waals surface area contributed by atoms with Crippen molar-refractivity contribution >= 4 is 17.7 Å². The third kappa shape index (κ3) is 5.76. The maximum atomic E-state index is 13.3. The fourth-order valence-electron chi connectivity index (χ4n) is 3.28. The Balaban J connectivity index is 1.57. The molecule has 168 valence electrons. The van der Waals surface area contributed by atoms with Crippen LogP contribution in [0.1, 0.15) is 36.6 Å². The molecule has 1 aliphatic rings. The summed E-state index contributed by atoms with van der Waals surface area (Å²) < 4.78 is 26.6. The van der Waals surface area contributed by atoms with E-state index in [1.165, 1.54) is 6.92 Å². The van der Waals surface area contributed by atoms with E-state index in [1.807, 2.05) is 36.4 Å². The fourth-order valence-corrected chi connectivity index (χ4v) is 3.28. The largest absolute Gasteiger partial charge is 0.378 e. The molecule has 0 spiro atoms. The van der Waals surface area contributed by atoms with Gasteiger partial charge in [-0.05, 0) is 36.6 Å². The fraction of sp³-hybridized carbons (Fsp3) is 0.261. The van der Waals surface area contributed by atoms with E-state index < -0.39 is 41.6 Å². The standard InChI is InChI=1S/C23H23F2N3O4/c1-13(26-23(32)20(29)15-10-16(24)12-17(25)11-15)21(30)28-19-9-5-8-18(27-22(19)31)14-6-3-2-4-7-14/h2-8,10-13,18-20,29H,9H2,1H3,(H,26,32)(H,27,31)(H,28,30)/t13-,18-,19-,20-/m0/s1. The Hall–Kier alpha value is -3.59. The molecular formula is C23H23F2N3O4. The van der Waals surface area contributed by atoms with Crippen LogP contribution in [-0.4, -0.2) is 34.9 Å². The highest BCUT2D eigenvalue weighted by atomic mass is 19.1. The van der Waals surface area contributed by atoms with Gasteiger partial charge in [0.15, 0.2) is 6.10 Å². The van der Waals surface area contributed by atoms with Crippen LogP contribution in [0, 0.1) is 11.6 Å². The normalized spacial score (nSPS) is 19.9. The molecule has 2 aromatic carbocycles. The van der Waals surface area contributed by atoms with Crippen molar-refractivity contribution in [1.82, 2.24) is 16.0 Å². The summed E-state index contributed by atoms with van der Waals surface area (Å²) in [5, 5.41) is 17.7. The maximum Gasteiger partial charge on any atom is 0.254 e. The monoisotopic (exact) mass is 443 g/mol. The smallest absolute Gasteiger partial charge is 0.254 e. The van der Waals surface area contributed by atoms with Gasteiger partial charge in [0.2, 0.25) is 11.8 Å². The van der Waals surface area contributed by atoms with Gasteiger partial charge in [-0.2, -0.15) is 0 Å². The molecule has 4 atom stereocenters. The summed E-state index contributed by atoms with van der Waals surface area (Å²) in [4.78, 5) is 37.3. The highest BCUT2D eigenvalue weighted by Gasteiger charge is 2.28. The number of amides is 3. The number of carbonyl (C=O) groups excluding carboxylic acids is 3. The van der Waals surface area contributed by atoms with Crippen molar-refractivity contribution in [2.75, 3.05) is 0 Å². The zero-order chi connectivity index (χ0) is 23.3. The molecule has 0 bridgehead atoms. The van der Waals surface area contributed by atoms with Crippen LogP contribution in [0.3, 0.4) is 0 Å². The molecule has 0 saturated heterocycles. The van der Waals surface area contributed by atoms with Crippen molar-refractivity contribution in [2.45, 2.75) is 37.6 Å². The van der Waals surface area contributed by atoms with Crippen LogP contribution < -0.4 is 16.0 Å². The van der Waals surface area contributed by atoms with Crippen LogP contribution >= 0.6 is 0 Å². The number of hydrogen-bond acceptors (Lipinski definition) is 4. The lowest BCUT2D eigenvalue weighted by molar-refractivity contribution is -0.135. The molecule has 0 saturated carbocycles. The highest BCUT2D eigenvalue weighted by Crippen LogP contribution is 2.18. The van der Waals surface area contributed by atoms with Crippen molar-refractivity contribution in [1.29, 1.82) is 0 Å².